The van der Waals surface area contributed by atoms with Crippen LogP contribution < -0.4 is 5.73 Å². The molecule has 0 aliphatic heterocycles. The first-order valence-electron chi connectivity index (χ1n) is 5.02. The van der Waals surface area contributed by atoms with E-state index in [-0.39, 0.29) is 0 Å². The Morgan fingerprint density at radius 3 is 2.69 bits per heavy atom. The molecule has 2 rings (SSSR count). The zero-order valence-corrected chi connectivity index (χ0v) is 10.2. The minimum Gasteiger partial charge on any atom is -0.326 e. The molecule has 0 fully saturated rings. The van der Waals surface area contributed by atoms with Crippen molar-refractivity contribution in [1.29, 1.82) is 0 Å². The van der Waals surface area contributed by atoms with Crippen molar-refractivity contribution in [2.24, 2.45) is 12.8 Å². The van der Waals surface area contributed by atoms with Gasteiger partial charge in [-0.05, 0) is 19.1 Å². The van der Waals surface area contributed by atoms with Gasteiger partial charge in [-0.15, -0.1) is 0 Å². The Labute approximate surface area is 98.9 Å². The maximum atomic E-state index is 5.74. The van der Waals surface area contributed by atoms with Gasteiger partial charge in [-0.3, -0.25) is 9.67 Å². The van der Waals surface area contributed by atoms with Crippen molar-refractivity contribution in [2.75, 3.05) is 0 Å². The molecule has 0 radical (unpaired) electrons. The molecule has 0 spiro atoms. The minimum absolute atomic E-state index is 0.521. The van der Waals surface area contributed by atoms with Crippen LogP contribution in [0.2, 0.25) is 0 Å². The van der Waals surface area contributed by atoms with E-state index in [9.17, 15) is 0 Å². The summed E-state index contributed by atoms with van der Waals surface area (Å²) >= 11 is 1.67. The Kier molecular flexibility index (Phi) is 3.26. The van der Waals surface area contributed by atoms with Crippen LogP contribution in [0.15, 0.2) is 34.4 Å². The fourth-order valence-corrected chi connectivity index (χ4v) is 2.57. The average molecular weight is 234 g/mol. The first-order valence-corrected chi connectivity index (χ1v) is 5.84. The van der Waals surface area contributed by atoms with Gasteiger partial charge in [0.05, 0.1) is 5.69 Å². The lowest BCUT2D eigenvalue weighted by Gasteiger charge is -2.04. The summed E-state index contributed by atoms with van der Waals surface area (Å²) in [5.74, 6) is 0. The van der Waals surface area contributed by atoms with Crippen molar-refractivity contribution in [1.82, 2.24) is 14.8 Å². The summed E-state index contributed by atoms with van der Waals surface area (Å²) in [5.41, 5.74) is 7.86. The maximum absolute atomic E-state index is 5.74. The third-order valence-corrected chi connectivity index (χ3v) is 3.57. The lowest BCUT2D eigenvalue weighted by Crippen LogP contribution is -1.99. The lowest BCUT2D eigenvalue weighted by molar-refractivity contribution is 0.688. The van der Waals surface area contributed by atoms with Crippen molar-refractivity contribution in [3.05, 3.63) is 35.8 Å². The number of pyridine rings is 1. The third-order valence-electron chi connectivity index (χ3n) is 2.36. The molecule has 0 amide bonds. The van der Waals surface area contributed by atoms with E-state index >= 15 is 0 Å². The molecule has 84 valence electrons. The van der Waals surface area contributed by atoms with Gasteiger partial charge in [0.1, 0.15) is 5.03 Å². The van der Waals surface area contributed by atoms with Gasteiger partial charge >= 0.3 is 0 Å². The normalized spacial score (nSPS) is 10.7. The van der Waals surface area contributed by atoms with Crippen LogP contribution >= 0.6 is 11.8 Å². The highest BCUT2D eigenvalue weighted by molar-refractivity contribution is 7.99. The number of aromatic nitrogens is 3. The van der Waals surface area contributed by atoms with Crippen molar-refractivity contribution < 1.29 is 0 Å². The molecule has 0 bridgehead atoms. The Bertz CT molecular complexity index is 478. The smallest absolute Gasteiger partial charge is 0.103 e. The lowest BCUT2D eigenvalue weighted by atomic mass is 10.3. The van der Waals surface area contributed by atoms with Crippen LogP contribution in [-0.2, 0) is 13.6 Å². The predicted molar refractivity (Wildman–Crippen MR) is 64.2 cm³/mol. The first kappa shape index (κ1) is 11.2. The minimum atomic E-state index is 0.521. The molecular weight excluding hydrogens is 220 g/mol. The molecule has 16 heavy (non-hydrogen) atoms. The molecule has 2 N–H and O–H groups in total. The molecule has 2 heterocycles. The Morgan fingerprint density at radius 1 is 1.38 bits per heavy atom. The standard InChI is InChI=1S/C11H14N4S/c1-8-10(7-12)11(15(2)14-8)16-9-3-5-13-6-4-9/h3-6H,7,12H2,1-2H3. The number of aryl methyl sites for hydroxylation is 2. The molecule has 0 aliphatic rings. The van der Waals surface area contributed by atoms with E-state index in [0.717, 1.165) is 21.2 Å². The van der Waals surface area contributed by atoms with Crippen molar-refractivity contribution >= 4 is 11.8 Å². The summed E-state index contributed by atoms with van der Waals surface area (Å²) in [4.78, 5) is 5.14. The summed E-state index contributed by atoms with van der Waals surface area (Å²) in [6.45, 7) is 2.51. The number of hydrogen-bond acceptors (Lipinski definition) is 4. The summed E-state index contributed by atoms with van der Waals surface area (Å²) < 4.78 is 1.88. The number of rotatable bonds is 3. The molecule has 4 nitrogen and oxygen atoms in total. The Hall–Kier alpha value is -1.33. The molecule has 0 atom stereocenters. The van der Waals surface area contributed by atoms with E-state index in [1.165, 1.54) is 0 Å². The van der Waals surface area contributed by atoms with Crippen LogP contribution in [0.4, 0.5) is 0 Å². The van der Waals surface area contributed by atoms with E-state index in [2.05, 4.69) is 10.1 Å². The Balaban J connectivity index is 2.34. The van der Waals surface area contributed by atoms with Gasteiger partial charge in [-0.25, -0.2) is 0 Å². The molecule has 5 heteroatoms. The Morgan fingerprint density at radius 2 is 2.06 bits per heavy atom. The SMILES string of the molecule is Cc1nn(C)c(Sc2ccncc2)c1CN. The van der Waals surface area contributed by atoms with Gasteiger partial charge in [0.2, 0.25) is 0 Å². The average Bonchev–Trinajstić information content (AvgIpc) is 2.55. The fraction of sp³-hybridized carbons (Fsp3) is 0.273. The topological polar surface area (TPSA) is 56.7 Å². The van der Waals surface area contributed by atoms with Gasteiger partial charge in [-0.1, -0.05) is 11.8 Å². The second kappa shape index (κ2) is 4.67. The first-order chi connectivity index (χ1) is 7.72. The zero-order valence-electron chi connectivity index (χ0n) is 9.34. The van der Waals surface area contributed by atoms with Gasteiger partial charge in [0.25, 0.3) is 0 Å². The number of hydrogen-bond donors (Lipinski definition) is 1. The zero-order chi connectivity index (χ0) is 11.5. The summed E-state index contributed by atoms with van der Waals surface area (Å²) in [6.07, 6.45) is 3.57. The number of nitrogens with zero attached hydrogens (tertiary/aromatic N) is 3. The third kappa shape index (κ3) is 2.10. The van der Waals surface area contributed by atoms with E-state index < -0.39 is 0 Å². The summed E-state index contributed by atoms with van der Waals surface area (Å²) in [6, 6.07) is 3.96. The summed E-state index contributed by atoms with van der Waals surface area (Å²) in [7, 11) is 1.94. The van der Waals surface area contributed by atoms with Gasteiger partial charge < -0.3 is 5.73 Å². The predicted octanol–water partition coefficient (Wildman–Crippen LogP) is 1.73. The monoisotopic (exact) mass is 234 g/mol. The van der Waals surface area contributed by atoms with Gasteiger partial charge in [-0.2, -0.15) is 5.10 Å². The summed E-state index contributed by atoms with van der Waals surface area (Å²) in [5, 5.41) is 5.48. The van der Waals surface area contributed by atoms with E-state index in [1.807, 2.05) is 30.8 Å². The van der Waals surface area contributed by atoms with Crippen LogP contribution in [0, 0.1) is 6.92 Å². The van der Waals surface area contributed by atoms with Crippen LogP contribution in [0.1, 0.15) is 11.3 Å². The van der Waals surface area contributed by atoms with Crippen LogP contribution in [0.3, 0.4) is 0 Å². The molecule has 2 aromatic heterocycles. The van der Waals surface area contributed by atoms with Crippen molar-refractivity contribution in [2.45, 2.75) is 23.4 Å². The van der Waals surface area contributed by atoms with E-state index in [4.69, 9.17) is 5.73 Å². The molecule has 0 unspecified atom stereocenters. The number of nitrogens with two attached hydrogens (primary N) is 1. The van der Waals surface area contributed by atoms with E-state index in [0.29, 0.717) is 6.54 Å². The van der Waals surface area contributed by atoms with E-state index in [1.54, 1.807) is 24.2 Å². The van der Waals surface area contributed by atoms with Gasteiger partial charge in [0.15, 0.2) is 0 Å². The highest BCUT2D eigenvalue weighted by Crippen LogP contribution is 2.30. The molecule has 0 saturated heterocycles. The maximum Gasteiger partial charge on any atom is 0.103 e. The van der Waals surface area contributed by atoms with Crippen LogP contribution in [0.25, 0.3) is 0 Å². The fourth-order valence-electron chi connectivity index (χ4n) is 1.56. The molecule has 0 aliphatic carbocycles. The van der Waals surface area contributed by atoms with Crippen LogP contribution in [0.5, 0.6) is 0 Å². The van der Waals surface area contributed by atoms with Crippen LogP contribution in [-0.4, -0.2) is 14.8 Å². The highest BCUT2D eigenvalue weighted by atomic mass is 32.2. The second-order valence-electron chi connectivity index (χ2n) is 3.48. The largest absolute Gasteiger partial charge is 0.326 e. The van der Waals surface area contributed by atoms with Gasteiger partial charge in [0, 0.05) is 36.4 Å². The molecule has 2 aromatic rings. The van der Waals surface area contributed by atoms with Crippen molar-refractivity contribution in [3.63, 3.8) is 0 Å². The molecular formula is C11H14N4S. The molecule has 0 saturated carbocycles. The van der Waals surface area contributed by atoms with Crippen molar-refractivity contribution in [3.8, 4) is 0 Å². The highest BCUT2D eigenvalue weighted by Gasteiger charge is 2.12. The quantitative estimate of drug-likeness (QED) is 0.878. The molecule has 0 aromatic carbocycles. The second-order valence-corrected chi connectivity index (χ2v) is 4.54.